The second-order valence-corrected chi connectivity index (χ2v) is 3.64. The smallest absolute Gasteiger partial charge is 0.381 e. The van der Waals surface area contributed by atoms with Crippen molar-refractivity contribution in [1.29, 1.82) is 0 Å². The monoisotopic (exact) mass is 211 g/mol. The standard InChI is InChI=1S/C9H16F3NO/c10-9(11,12)7-13-4-1-8-2-5-14-6-3-8/h8,13H,1-7H2. The summed E-state index contributed by atoms with van der Waals surface area (Å²) < 4.78 is 40.4. The van der Waals surface area contributed by atoms with Crippen LogP contribution in [-0.4, -0.2) is 32.5 Å². The highest BCUT2D eigenvalue weighted by Gasteiger charge is 2.26. The number of hydrogen-bond acceptors (Lipinski definition) is 2. The molecule has 1 fully saturated rings. The van der Waals surface area contributed by atoms with Gasteiger partial charge < -0.3 is 10.1 Å². The number of halogens is 3. The molecule has 2 nitrogen and oxygen atoms in total. The highest BCUT2D eigenvalue weighted by atomic mass is 19.4. The molecule has 0 bridgehead atoms. The third kappa shape index (κ3) is 5.44. The third-order valence-electron chi connectivity index (χ3n) is 2.40. The first-order chi connectivity index (χ1) is 6.58. The van der Waals surface area contributed by atoms with Crippen LogP contribution in [0.2, 0.25) is 0 Å². The van der Waals surface area contributed by atoms with E-state index < -0.39 is 12.7 Å². The van der Waals surface area contributed by atoms with Gasteiger partial charge in [0.05, 0.1) is 6.54 Å². The minimum Gasteiger partial charge on any atom is -0.381 e. The zero-order valence-electron chi connectivity index (χ0n) is 8.07. The summed E-state index contributed by atoms with van der Waals surface area (Å²) in [5.41, 5.74) is 0. The van der Waals surface area contributed by atoms with Crippen LogP contribution < -0.4 is 5.32 Å². The number of ether oxygens (including phenoxy) is 1. The maximum Gasteiger partial charge on any atom is 0.401 e. The molecule has 0 unspecified atom stereocenters. The lowest BCUT2D eigenvalue weighted by Gasteiger charge is -2.22. The van der Waals surface area contributed by atoms with Gasteiger partial charge >= 0.3 is 6.18 Å². The SMILES string of the molecule is FC(F)(F)CNCCC1CCOCC1. The van der Waals surface area contributed by atoms with Gasteiger partial charge in [0.2, 0.25) is 0 Å². The summed E-state index contributed by atoms with van der Waals surface area (Å²) in [7, 11) is 0. The molecule has 0 saturated carbocycles. The molecular formula is C9H16F3NO. The molecule has 0 aromatic carbocycles. The van der Waals surface area contributed by atoms with E-state index in [4.69, 9.17) is 4.74 Å². The quantitative estimate of drug-likeness (QED) is 0.718. The Labute approximate surface area is 81.8 Å². The van der Waals surface area contributed by atoms with Gasteiger partial charge in [0.15, 0.2) is 0 Å². The van der Waals surface area contributed by atoms with Gasteiger partial charge in [0.25, 0.3) is 0 Å². The molecule has 1 aliphatic rings. The summed E-state index contributed by atoms with van der Waals surface area (Å²) in [6.07, 6.45) is -1.31. The molecule has 0 aliphatic carbocycles. The van der Waals surface area contributed by atoms with Crippen molar-refractivity contribution < 1.29 is 17.9 Å². The lowest BCUT2D eigenvalue weighted by molar-refractivity contribution is -0.124. The van der Waals surface area contributed by atoms with Gasteiger partial charge in [0, 0.05) is 13.2 Å². The van der Waals surface area contributed by atoms with Gasteiger partial charge in [-0.1, -0.05) is 0 Å². The summed E-state index contributed by atoms with van der Waals surface area (Å²) in [5, 5.41) is 2.41. The van der Waals surface area contributed by atoms with Gasteiger partial charge in [-0.3, -0.25) is 0 Å². The van der Waals surface area contributed by atoms with Gasteiger partial charge in [0.1, 0.15) is 0 Å². The van der Waals surface area contributed by atoms with Gasteiger partial charge in [-0.2, -0.15) is 13.2 Å². The molecule has 1 N–H and O–H groups in total. The van der Waals surface area contributed by atoms with E-state index in [-0.39, 0.29) is 0 Å². The van der Waals surface area contributed by atoms with Crippen LogP contribution in [0.5, 0.6) is 0 Å². The van der Waals surface area contributed by atoms with Crippen LogP contribution in [0.15, 0.2) is 0 Å². The fourth-order valence-corrected chi connectivity index (χ4v) is 1.57. The fourth-order valence-electron chi connectivity index (χ4n) is 1.57. The van der Waals surface area contributed by atoms with Gasteiger partial charge in [-0.25, -0.2) is 0 Å². The maximum atomic E-state index is 11.7. The van der Waals surface area contributed by atoms with Gasteiger partial charge in [-0.05, 0) is 31.7 Å². The number of rotatable bonds is 4. The Balaban J connectivity index is 1.97. The largest absolute Gasteiger partial charge is 0.401 e. The zero-order valence-corrected chi connectivity index (χ0v) is 8.07. The lowest BCUT2D eigenvalue weighted by atomic mass is 9.97. The van der Waals surface area contributed by atoms with Crippen molar-refractivity contribution >= 4 is 0 Å². The lowest BCUT2D eigenvalue weighted by Crippen LogP contribution is -2.31. The van der Waals surface area contributed by atoms with E-state index in [1.165, 1.54) is 0 Å². The highest BCUT2D eigenvalue weighted by Crippen LogP contribution is 2.18. The van der Waals surface area contributed by atoms with Crippen molar-refractivity contribution in [3.05, 3.63) is 0 Å². The first-order valence-corrected chi connectivity index (χ1v) is 4.93. The molecule has 0 spiro atoms. The van der Waals surface area contributed by atoms with Crippen molar-refractivity contribution in [3.63, 3.8) is 0 Å². The number of hydrogen-bond donors (Lipinski definition) is 1. The molecule has 0 amide bonds. The Morgan fingerprint density at radius 1 is 1.21 bits per heavy atom. The topological polar surface area (TPSA) is 21.3 Å². The molecule has 1 heterocycles. The van der Waals surface area contributed by atoms with Crippen molar-refractivity contribution in [2.75, 3.05) is 26.3 Å². The second kappa shape index (κ2) is 5.56. The first-order valence-electron chi connectivity index (χ1n) is 4.93. The molecule has 5 heteroatoms. The fraction of sp³-hybridized carbons (Fsp3) is 1.00. The van der Waals surface area contributed by atoms with Crippen LogP contribution in [0.3, 0.4) is 0 Å². The highest BCUT2D eigenvalue weighted by molar-refractivity contribution is 4.65. The predicted octanol–water partition coefficient (Wildman–Crippen LogP) is 1.95. The number of nitrogens with one attached hydrogen (secondary N) is 1. The average Bonchev–Trinajstić information content (AvgIpc) is 2.13. The summed E-state index contributed by atoms with van der Waals surface area (Å²) >= 11 is 0. The molecular weight excluding hydrogens is 195 g/mol. The Bertz CT molecular complexity index is 155. The molecule has 0 atom stereocenters. The summed E-state index contributed by atoms with van der Waals surface area (Å²) in [6, 6.07) is 0. The normalized spacial score (nSPS) is 19.9. The average molecular weight is 211 g/mol. The van der Waals surface area contributed by atoms with E-state index >= 15 is 0 Å². The Hall–Kier alpha value is -0.290. The van der Waals surface area contributed by atoms with Gasteiger partial charge in [-0.15, -0.1) is 0 Å². The van der Waals surface area contributed by atoms with E-state index in [1.54, 1.807) is 0 Å². The van der Waals surface area contributed by atoms with E-state index in [1.807, 2.05) is 0 Å². The minimum absolute atomic E-state index is 0.449. The van der Waals surface area contributed by atoms with Crippen LogP contribution in [0.25, 0.3) is 0 Å². The van der Waals surface area contributed by atoms with Crippen molar-refractivity contribution in [2.24, 2.45) is 5.92 Å². The molecule has 0 radical (unpaired) electrons. The molecule has 0 aromatic heterocycles. The van der Waals surface area contributed by atoms with E-state index in [0.29, 0.717) is 12.5 Å². The van der Waals surface area contributed by atoms with Crippen LogP contribution >= 0.6 is 0 Å². The summed E-state index contributed by atoms with van der Waals surface area (Å²) in [5.74, 6) is 0.532. The van der Waals surface area contributed by atoms with Crippen molar-refractivity contribution in [2.45, 2.75) is 25.4 Å². The summed E-state index contributed by atoms with van der Waals surface area (Å²) in [6.45, 7) is 1.08. The minimum atomic E-state index is -4.09. The molecule has 1 aliphatic heterocycles. The van der Waals surface area contributed by atoms with Crippen LogP contribution in [-0.2, 0) is 4.74 Å². The van der Waals surface area contributed by atoms with Crippen LogP contribution in [0.4, 0.5) is 13.2 Å². The molecule has 84 valence electrons. The Morgan fingerprint density at radius 3 is 2.43 bits per heavy atom. The Kier molecular flexibility index (Phi) is 4.68. The molecule has 1 saturated heterocycles. The zero-order chi connectivity index (χ0) is 10.4. The summed E-state index contributed by atoms with van der Waals surface area (Å²) in [4.78, 5) is 0. The van der Waals surface area contributed by atoms with E-state index in [9.17, 15) is 13.2 Å². The maximum absolute atomic E-state index is 11.7. The first kappa shape index (κ1) is 11.8. The molecule has 0 aromatic rings. The predicted molar refractivity (Wildman–Crippen MR) is 47.1 cm³/mol. The van der Waals surface area contributed by atoms with Crippen molar-refractivity contribution in [3.8, 4) is 0 Å². The molecule has 1 rings (SSSR count). The van der Waals surface area contributed by atoms with Crippen LogP contribution in [0.1, 0.15) is 19.3 Å². The van der Waals surface area contributed by atoms with Crippen molar-refractivity contribution in [1.82, 2.24) is 5.32 Å². The molecule has 14 heavy (non-hydrogen) atoms. The van der Waals surface area contributed by atoms with E-state index in [2.05, 4.69) is 5.32 Å². The van der Waals surface area contributed by atoms with E-state index in [0.717, 1.165) is 32.5 Å². The third-order valence-corrected chi connectivity index (χ3v) is 2.40. The number of alkyl halides is 3. The van der Waals surface area contributed by atoms with Crippen LogP contribution in [0, 0.1) is 5.92 Å². The Morgan fingerprint density at radius 2 is 1.86 bits per heavy atom. The second-order valence-electron chi connectivity index (χ2n) is 3.64.